The molecule has 0 amide bonds. The lowest BCUT2D eigenvalue weighted by atomic mass is 10.1. The average molecular weight is 452 g/mol. The van der Waals surface area contributed by atoms with E-state index in [0.717, 1.165) is 50.1 Å². The summed E-state index contributed by atoms with van der Waals surface area (Å²) in [5.41, 5.74) is 0.968. The number of aliphatic imine (C=N–C) groups is 1. The molecule has 7 heteroatoms. The van der Waals surface area contributed by atoms with Crippen LogP contribution in [-0.4, -0.2) is 37.4 Å². The molecular formula is C17H33IN4O2. The summed E-state index contributed by atoms with van der Waals surface area (Å²) in [6.45, 7) is 14.3. The molecule has 6 nitrogen and oxygen atoms in total. The molecule has 1 aromatic heterocycles. The number of halogens is 1. The van der Waals surface area contributed by atoms with E-state index in [4.69, 9.17) is 9.26 Å². The Morgan fingerprint density at radius 3 is 2.62 bits per heavy atom. The lowest BCUT2D eigenvalue weighted by molar-refractivity contribution is 0.108. The second-order valence-electron chi connectivity index (χ2n) is 6.32. The van der Waals surface area contributed by atoms with Crippen molar-refractivity contribution in [1.29, 1.82) is 0 Å². The molecule has 0 radical (unpaired) electrons. The minimum absolute atomic E-state index is 0. The van der Waals surface area contributed by atoms with Gasteiger partial charge in [0, 0.05) is 32.4 Å². The molecule has 0 fully saturated rings. The topological polar surface area (TPSA) is 71.7 Å². The van der Waals surface area contributed by atoms with E-state index in [1.807, 2.05) is 13.0 Å². The Morgan fingerprint density at radius 1 is 1.29 bits per heavy atom. The molecule has 0 spiro atoms. The number of rotatable bonds is 10. The summed E-state index contributed by atoms with van der Waals surface area (Å²) >= 11 is 0. The van der Waals surface area contributed by atoms with E-state index in [9.17, 15) is 0 Å². The van der Waals surface area contributed by atoms with E-state index >= 15 is 0 Å². The van der Waals surface area contributed by atoms with Crippen molar-refractivity contribution in [1.82, 2.24) is 15.8 Å². The van der Waals surface area contributed by atoms with Crippen molar-refractivity contribution in [2.24, 2.45) is 10.9 Å². The van der Waals surface area contributed by atoms with Crippen LogP contribution < -0.4 is 10.6 Å². The summed E-state index contributed by atoms with van der Waals surface area (Å²) in [6, 6.07) is 1.97. The zero-order valence-electron chi connectivity index (χ0n) is 15.6. The van der Waals surface area contributed by atoms with Gasteiger partial charge in [-0.05, 0) is 25.2 Å². The highest BCUT2D eigenvalue weighted by Crippen LogP contribution is 2.14. The largest absolute Gasteiger partial charge is 0.381 e. The fourth-order valence-corrected chi connectivity index (χ4v) is 1.87. The van der Waals surface area contributed by atoms with Crippen LogP contribution in [0.25, 0.3) is 0 Å². The minimum atomic E-state index is 0. The molecule has 0 unspecified atom stereocenters. The van der Waals surface area contributed by atoms with Crippen LogP contribution >= 0.6 is 24.0 Å². The zero-order chi connectivity index (χ0) is 17.1. The van der Waals surface area contributed by atoms with Crippen LogP contribution in [0.15, 0.2) is 15.6 Å². The van der Waals surface area contributed by atoms with Crippen LogP contribution in [0.4, 0.5) is 0 Å². The highest BCUT2D eigenvalue weighted by atomic mass is 127. The average Bonchev–Trinajstić information content (AvgIpc) is 2.97. The van der Waals surface area contributed by atoms with Crippen LogP contribution in [0, 0.1) is 5.92 Å². The Morgan fingerprint density at radius 2 is 2.04 bits per heavy atom. The van der Waals surface area contributed by atoms with Gasteiger partial charge in [0.25, 0.3) is 0 Å². The molecule has 1 rings (SSSR count). The Hall–Kier alpha value is -0.830. The summed E-state index contributed by atoms with van der Waals surface area (Å²) in [6.07, 6.45) is 0.955. The predicted molar refractivity (Wildman–Crippen MR) is 109 cm³/mol. The number of guanidine groups is 1. The molecule has 0 aromatic carbocycles. The number of hydrogen-bond donors (Lipinski definition) is 2. The Balaban J connectivity index is 0.00000529. The zero-order valence-corrected chi connectivity index (χ0v) is 17.9. The molecular weight excluding hydrogens is 419 g/mol. The number of nitrogens with one attached hydrogen (secondary N) is 2. The number of ether oxygens (including phenoxy) is 1. The van der Waals surface area contributed by atoms with Crippen molar-refractivity contribution >= 4 is 29.9 Å². The third kappa shape index (κ3) is 10.1. The smallest absolute Gasteiger partial charge is 0.191 e. The standard InChI is InChI=1S/C17H32N4O2.HI/c1-6-18-17(19-8-7-9-22-12-13(2)3)20-11-15-10-16(14(4)5)21-23-15;/h10,13-14H,6-9,11-12H2,1-5H3,(H2,18,19,20);1H. The van der Waals surface area contributed by atoms with Crippen molar-refractivity contribution in [3.63, 3.8) is 0 Å². The minimum Gasteiger partial charge on any atom is -0.381 e. The highest BCUT2D eigenvalue weighted by Gasteiger charge is 2.07. The van der Waals surface area contributed by atoms with E-state index in [-0.39, 0.29) is 24.0 Å². The molecule has 1 aromatic rings. The van der Waals surface area contributed by atoms with Crippen molar-refractivity contribution in [3.05, 3.63) is 17.5 Å². The van der Waals surface area contributed by atoms with Gasteiger partial charge in [0.2, 0.25) is 0 Å². The monoisotopic (exact) mass is 452 g/mol. The van der Waals surface area contributed by atoms with Crippen molar-refractivity contribution in [2.45, 2.75) is 53.5 Å². The van der Waals surface area contributed by atoms with E-state index < -0.39 is 0 Å². The van der Waals surface area contributed by atoms with Crippen molar-refractivity contribution < 1.29 is 9.26 Å². The molecule has 0 saturated heterocycles. The summed E-state index contributed by atoms with van der Waals surface area (Å²) < 4.78 is 10.9. The molecule has 0 aliphatic rings. The lowest BCUT2D eigenvalue weighted by Gasteiger charge is -2.11. The summed E-state index contributed by atoms with van der Waals surface area (Å²) in [4.78, 5) is 4.52. The fraction of sp³-hybridized carbons (Fsp3) is 0.765. The quantitative estimate of drug-likeness (QED) is 0.246. The van der Waals surface area contributed by atoms with Crippen molar-refractivity contribution in [3.8, 4) is 0 Å². The van der Waals surface area contributed by atoms with Gasteiger partial charge in [0.05, 0.1) is 5.69 Å². The fourth-order valence-electron chi connectivity index (χ4n) is 1.87. The van der Waals surface area contributed by atoms with Crippen LogP contribution in [-0.2, 0) is 11.3 Å². The molecule has 0 bridgehead atoms. The first-order chi connectivity index (χ1) is 11.0. The van der Waals surface area contributed by atoms with Gasteiger partial charge in [0.1, 0.15) is 6.54 Å². The van der Waals surface area contributed by atoms with Gasteiger partial charge >= 0.3 is 0 Å². The van der Waals surface area contributed by atoms with Crippen LogP contribution in [0.5, 0.6) is 0 Å². The number of aromatic nitrogens is 1. The van der Waals surface area contributed by atoms with Gasteiger partial charge in [-0.2, -0.15) is 0 Å². The van der Waals surface area contributed by atoms with Crippen LogP contribution in [0.3, 0.4) is 0 Å². The summed E-state index contributed by atoms with van der Waals surface area (Å²) in [5, 5.41) is 10.6. The van der Waals surface area contributed by atoms with E-state index in [2.05, 4.69) is 48.5 Å². The third-order valence-electron chi connectivity index (χ3n) is 3.12. The second-order valence-corrected chi connectivity index (χ2v) is 6.32. The van der Waals surface area contributed by atoms with E-state index in [1.54, 1.807) is 0 Å². The van der Waals surface area contributed by atoms with Gasteiger partial charge in [-0.25, -0.2) is 4.99 Å². The first-order valence-electron chi connectivity index (χ1n) is 8.58. The second kappa shape index (κ2) is 13.5. The molecule has 0 aliphatic heterocycles. The molecule has 0 aliphatic carbocycles. The van der Waals surface area contributed by atoms with Crippen molar-refractivity contribution in [2.75, 3.05) is 26.3 Å². The first-order valence-corrected chi connectivity index (χ1v) is 8.58. The normalized spacial score (nSPS) is 11.7. The maximum Gasteiger partial charge on any atom is 0.191 e. The van der Waals surface area contributed by atoms with Gasteiger partial charge in [-0.1, -0.05) is 32.9 Å². The Bertz CT molecular complexity index is 461. The van der Waals surface area contributed by atoms with Gasteiger partial charge in [-0.15, -0.1) is 24.0 Å². The maximum atomic E-state index is 5.57. The third-order valence-corrected chi connectivity index (χ3v) is 3.12. The maximum absolute atomic E-state index is 5.57. The summed E-state index contributed by atoms with van der Waals surface area (Å²) in [5.74, 6) is 2.53. The van der Waals surface area contributed by atoms with E-state index in [1.165, 1.54) is 0 Å². The SMILES string of the molecule is CCNC(=NCc1cc(C(C)C)no1)NCCCOCC(C)C.I. The Labute approximate surface area is 163 Å². The Kier molecular flexibility index (Phi) is 13.0. The molecule has 2 N–H and O–H groups in total. The van der Waals surface area contributed by atoms with Gasteiger partial charge in [-0.3, -0.25) is 0 Å². The van der Waals surface area contributed by atoms with Gasteiger partial charge in [0.15, 0.2) is 11.7 Å². The lowest BCUT2D eigenvalue weighted by Crippen LogP contribution is -2.38. The van der Waals surface area contributed by atoms with Crippen LogP contribution in [0.2, 0.25) is 0 Å². The molecule has 1 heterocycles. The highest BCUT2D eigenvalue weighted by molar-refractivity contribution is 14.0. The summed E-state index contributed by atoms with van der Waals surface area (Å²) in [7, 11) is 0. The van der Waals surface area contributed by atoms with Crippen LogP contribution in [0.1, 0.15) is 58.4 Å². The van der Waals surface area contributed by atoms with E-state index in [0.29, 0.717) is 18.4 Å². The molecule has 140 valence electrons. The molecule has 0 saturated carbocycles. The first kappa shape index (κ1) is 23.2. The van der Waals surface area contributed by atoms with Gasteiger partial charge < -0.3 is 19.9 Å². The number of hydrogen-bond acceptors (Lipinski definition) is 4. The molecule has 24 heavy (non-hydrogen) atoms. The number of nitrogens with zero attached hydrogens (tertiary/aromatic N) is 2. The predicted octanol–water partition coefficient (Wildman–Crippen LogP) is 3.53. The molecule has 0 atom stereocenters.